The van der Waals surface area contributed by atoms with Crippen LogP contribution in [0.2, 0.25) is 0 Å². The molecule has 0 aliphatic heterocycles. The maximum absolute atomic E-state index is 12.9. The minimum absolute atomic E-state index is 0.528. The van der Waals surface area contributed by atoms with Gasteiger partial charge in [0, 0.05) is 18.3 Å². The van der Waals surface area contributed by atoms with Crippen molar-refractivity contribution in [3.8, 4) is 0 Å². The Balaban J connectivity index is 1.90. The molecule has 0 bridgehead atoms. The van der Waals surface area contributed by atoms with Gasteiger partial charge in [-0.05, 0) is 36.2 Å². The molecule has 0 radical (unpaired) electrons. The van der Waals surface area contributed by atoms with Crippen molar-refractivity contribution in [1.29, 1.82) is 0 Å². The maximum Gasteiger partial charge on any atom is 0.126 e. The van der Waals surface area contributed by atoms with Crippen LogP contribution < -0.4 is 5.32 Å². The lowest BCUT2D eigenvalue weighted by Gasteiger charge is -2.06. The second-order valence-corrected chi connectivity index (χ2v) is 3.82. The van der Waals surface area contributed by atoms with Crippen LogP contribution in [-0.4, -0.2) is 6.54 Å². The van der Waals surface area contributed by atoms with Crippen molar-refractivity contribution in [2.24, 2.45) is 0 Å². The van der Waals surface area contributed by atoms with E-state index < -0.39 is 11.6 Å². The summed E-state index contributed by atoms with van der Waals surface area (Å²) >= 11 is 0. The van der Waals surface area contributed by atoms with Crippen molar-refractivity contribution < 1.29 is 8.78 Å². The van der Waals surface area contributed by atoms with Crippen molar-refractivity contribution in [3.05, 3.63) is 65.7 Å². The zero-order valence-corrected chi connectivity index (χ0v) is 9.29. The molecule has 0 amide bonds. The van der Waals surface area contributed by atoms with Gasteiger partial charge >= 0.3 is 0 Å². The van der Waals surface area contributed by atoms with E-state index in [4.69, 9.17) is 0 Å². The van der Waals surface area contributed by atoms with E-state index in [1.54, 1.807) is 0 Å². The molecule has 1 N–H and O–H groups in total. The number of rotatable bonds is 4. The van der Waals surface area contributed by atoms with E-state index in [1.807, 2.05) is 30.3 Å². The van der Waals surface area contributed by atoms with Crippen LogP contribution >= 0.6 is 0 Å². The number of hydrogen-bond donors (Lipinski definition) is 1. The Labute approximate surface area is 99.1 Å². The molecule has 0 heterocycles. The fraction of sp³-hybridized carbons (Fsp3) is 0.143. The summed E-state index contributed by atoms with van der Waals surface area (Å²) in [7, 11) is 0. The highest BCUT2D eigenvalue weighted by molar-refractivity contribution is 5.42. The normalized spacial score (nSPS) is 10.2. The molecule has 2 aromatic carbocycles. The highest BCUT2D eigenvalue weighted by atomic mass is 19.1. The van der Waals surface area contributed by atoms with Crippen LogP contribution in [0, 0.1) is 11.6 Å². The Morgan fingerprint density at radius 1 is 0.882 bits per heavy atom. The van der Waals surface area contributed by atoms with Crippen molar-refractivity contribution in [3.63, 3.8) is 0 Å². The van der Waals surface area contributed by atoms with Crippen LogP contribution in [0.25, 0.3) is 0 Å². The van der Waals surface area contributed by atoms with Crippen LogP contribution in [0.4, 0.5) is 14.5 Å². The summed E-state index contributed by atoms with van der Waals surface area (Å²) in [6, 6.07) is 13.3. The fourth-order valence-corrected chi connectivity index (χ4v) is 1.66. The van der Waals surface area contributed by atoms with E-state index in [9.17, 15) is 8.78 Å². The number of para-hydroxylation sites is 1. The monoisotopic (exact) mass is 233 g/mol. The number of hydrogen-bond acceptors (Lipinski definition) is 1. The van der Waals surface area contributed by atoms with Crippen LogP contribution in [0.5, 0.6) is 0 Å². The molecular weight excluding hydrogens is 220 g/mol. The Hall–Kier alpha value is -1.90. The lowest BCUT2D eigenvalue weighted by atomic mass is 10.1. The molecule has 0 saturated heterocycles. The van der Waals surface area contributed by atoms with Gasteiger partial charge in [-0.1, -0.05) is 18.2 Å². The van der Waals surface area contributed by atoms with Gasteiger partial charge in [-0.3, -0.25) is 0 Å². The molecule has 1 nitrogen and oxygen atoms in total. The van der Waals surface area contributed by atoms with Crippen LogP contribution in [0.1, 0.15) is 5.56 Å². The van der Waals surface area contributed by atoms with Crippen LogP contribution in [-0.2, 0) is 6.42 Å². The molecule has 0 atom stereocenters. The van der Waals surface area contributed by atoms with Gasteiger partial charge in [-0.15, -0.1) is 0 Å². The van der Waals surface area contributed by atoms with Gasteiger partial charge in [0.25, 0.3) is 0 Å². The molecule has 3 heteroatoms. The minimum atomic E-state index is -0.528. The smallest absolute Gasteiger partial charge is 0.126 e. The molecule has 0 aliphatic rings. The summed E-state index contributed by atoms with van der Waals surface area (Å²) in [5.74, 6) is -1.06. The third-order valence-corrected chi connectivity index (χ3v) is 2.44. The van der Waals surface area contributed by atoms with E-state index in [-0.39, 0.29) is 0 Å². The predicted molar refractivity (Wildman–Crippen MR) is 65.0 cm³/mol. The number of benzene rings is 2. The van der Waals surface area contributed by atoms with Crippen molar-refractivity contribution >= 4 is 5.69 Å². The van der Waals surface area contributed by atoms with Gasteiger partial charge in [0.1, 0.15) is 11.6 Å². The van der Waals surface area contributed by atoms with E-state index in [0.717, 1.165) is 11.8 Å². The summed E-state index contributed by atoms with van der Waals surface area (Å²) in [4.78, 5) is 0. The quantitative estimate of drug-likeness (QED) is 0.850. The second kappa shape index (κ2) is 5.43. The standard InChI is InChI=1S/C14H13F2N/c15-12-8-11(9-13(16)10-12)6-7-17-14-4-2-1-3-5-14/h1-5,8-10,17H,6-7H2. The summed E-state index contributed by atoms with van der Waals surface area (Å²) in [6.45, 7) is 0.646. The topological polar surface area (TPSA) is 12.0 Å². The SMILES string of the molecule is Fc1cc(F)cc(CCNc2ccccc2)c1. The van der Waals surface area contributed by atoms with E-state index in [1.165, 1.54) is 12.1 Å². The van der Waals surface area contributed by atoms with Gasteiger partial charge in [0.15, 0.2) is 0 Å². The third-order valence-electron chi connectivity index (χ3n) is 2.44. The Morgan fingerprint density at radius 2 is 1.53 bits per heavy atom. The van der Waals surface area contributed by atoms with Gasteiger partial charge in [0.05, 0.1) is 0 Å². The summed E-state index contributed by atoms with van der Waals surface area (Å²) in [5.41, 5.74) is 1.66. The summed E-state index contributed by atoms with van der Waals surface area (Å²) in [5, 5.41) is 3.19. The molecule has 0 aliphatic carbocycles. The van der Waals surface area contributed by atoms with Gasteiger partial charge < -0.3 is 5.32 Å². The van der Waals surface area contributed by atoms with Gasteiger partial charge in [0.2, 0.25) is 0 Å². The lowest BCUT2D eigenvalue weighted by Crippen LogP contribution is -2.05. The van der Waals surface area contributed by atoms with Crippen molar-refractivity contribution in [2.75, 3.05) is 11.9 Å². The average molecular weight is 233 g/mol. The highest BCUT2D eigenvalue weighted by Gasteiger charge is 2.00. The first-order valence-corrected chi connectivity index (χ1v) is 5.48. The maximum atomic E-state index is 12.9. The van der Waals surface area contributed by atoms with Crippen molar-refractivity contribution in [2.45, 2.75) is 6.42 Å². The molecule has 0 saturated carbocycles. The molecular formula is C14H13F2N. The number of halogens is 2. The van der Waals surface area contributed by atoms with E-state index >= 15 is 0 Å². The lowest BCUT2D eigenvalue weighted by molar-refractivity contribution is 0.580. The van der Waals surface area contributed by atoms with Crippen LogP contribution in [0.15, 0.2) is 48.5 Å². The Morgan fingerprint density at radius 3 is 2.18 bits per heavy atom. The first-order valence-electron chi connectivity index (χ1n) is 5.48. The number of nitrogens with one attached hydrogen (secondary N) is 1. The summed E-state index contributed by atoms with van der Waals surface area (Å²) < 4.78 is 25.8. The molecule has 17 heavy (non-hydrogen) atoms. The molecule has 88 valence electrons. The van der Waals surface area contributed by atoms with Crippen LogP contribution in [0.3, 0.4) is 0 Å². The predicted octanol–water partition coefficient (Wildman–Crippen LogP) is 3.62. The molecule has 2 rings (SSSR count). The third kappa shape index (κ3) is 3.55. The average Bonchev–Trinajstić information content (AvgIpc) is 2.29. The minimum Gasteiger partial charge on any atom is -0.385 e. The molecule has 0 fully saturated rings. The van der Waals surface area contributed by atoms with Crippen molar-refractivity contribution in [1.82, 2.24) is 0 Å². The molecule has 0 spiro atoms. The fourth-order valence-electron chi connectivity index (χ4n) is 1.66. The Bertz CT molecular complexity index is 463. The molecule has 0 unspecified atom stereocenters. The second-order valence-electron chi connectivity index (χ2n) is 3.82. The molecule has 2 aromatic rings. The summed E-state index contributed by atoms with van der Waals surface area (Å²) in [6.07, 6.45) is 0.587. The highest BCUT2D eigenvalue weighted by Crippen LogP contribution is 2.10. The van der Waals surface area contributed by atoms with E-state index in [0.29, 0.717) is 18.5 Å². The van der Waals surface area contributed by atoms with Gasteiger partial charge in [-0.2, -0.15) is 0 Å². The van der Waals surface area contributed by atoms with E-state index in [2.05, 4.69) is 5.32 Å². The largest absolute Gasteiger partial charge is 0.385 e. The van der Waals surface area contributed by atoms with Gasteiger partial charge in [-0.25, -0.2) is 8.78 Å². The first-order chi connectivity index (χ1) is 8.24. The Kier molecular flexibility index (Phi) is 3.70. The number of anilines is 1. The first kappa shape index (κ1) is 11.6. The molecule has 0 aromatic heterocycles. The zero-order chi connectivity index (χ0) is 12.1. The zero-order valence-electron chi connectivity index (χ0n) is 9.29.